The third-order valence-corrected chi connectivity index (χ3v) is 4.02. The molecule has 2 aromatic heterocycles. The Kier molecular flexibility index (Phi) is 4.39. The largest absolute Gasteiger partial charge is 0.353 e. The van der Waals surface area contributed by atoms with Crippen molar-refractivity contribution in [1.29, 1.82) is 0 Å². The normalized spacial score (nSPS) is 12.6. The Morgan fingerprint density at radius 1 is 1.42 bits per heavy atom. The molecule has 0 saturated carbocycles. The van der Waals surface area contributed by atoms with Gasteiger partial charge in [0.1, 0.15) is 0 Å². The number of hydrogen-bond donors (Lipinski definition) is 1. The predicted molar refractivity (Wildman–Crippen MR) is 78.5 cm³/mol. The summed E-state index contributed by atoms with van der Waals surface area (Å²) >= 11 is 1.46. The van der Waals surface area contributed by atoms with Crippen LogP contribution in [0.2, 0.25) is 0 Å². The molecule has 5 heteroatoms. The van der Waals surface area contributed by atoms with Crippen LogP contribution in [-0.2, 0) is 7.05 Å². The van der Waals surface area contributed by atoms with Gasteiger partial charge in [0.05, 0.1) is 10.9 Å². The maximum Gasteiger partial charge on any atom is 0.261 e. The molecule has 4 nitrogen and oxygen atoms in total. The number of hydrogen-bond acceptors (Lipinski definition) is 3. The maximum absolute atomic E-state index is 12.0. The summed E-state index contributed by atoms with van der Waals surface area (Å²) in [5.74, 6) is -0.00365. The van der Waals surface area contributed by atoms with E-state index < -0.39 is 0 Å². The number of carbonyl (C=O) groups excluding carboxylic acids is 1. The van der Waals surface area contributed by atoms with Crippen LogP contribution < -0.4 is 5.32 Å². The molecule has 0 aliphatic rings. The van der Waals surface area contributed by atoms with Crippen LogP contribution in [0.25, 0.3) is 0 Å². The standard InChI is InChI=1S/C14H19N3OS/c1-16(2)12(11-6-4-8-17(11)3)10-15-14(18)13-7-5-9-19-13/h4-9,12H,10H2,1-3H3,(H,15,18)/t12-/m0/s1. The fourth-order valence-electron chi connectivity index (χ4n) is 2.06. The van der Waals surface area contributed by atoms with Gasteiger partial charge in [-0.25, -0.2) is 0 Å². The first-order valence-corrected chi connectivity index (χ1v) is 7.07. The third kappa shape index (κ3) is 3.24. The van der Waals surface area contributed by atoms with Crippen LogP contribution in [-0.4, -0.2) is 36.0 Å². The van der Waals surface area contributed by atoms with E-state index in [1.54, 1.807) is 0 Å². The van der Waals surface area contributed by atoms with Crippen molar-refractivity contribution in [2.24, 2.45) is 7.05 Å². The molecule has 0 aliphatic carbocycles. The number of carbonyl (C=O) groups is 1. The molecule has 1 amide bonds. The molecular formula is C14H19N3OS. The summed E-state index contributed by atoms with van der Waals surface area (Å²) in [5, 5.41) is 4.91. The molecule has 19 heavy (non-hydrogen) atoms. The third-order valence-electron chi connectivity index (χ3n) is 3.15. The minimum absolute atomic E-state index is 0.00365. The molecule has 0 bridgehead atoms. The van der Waals surface area contributed by atoms with Gasteiger partial charge in [-0.15, -0.1) is 11.3 Å². The lowest BCUT2D eigenvalue weighted by atomic mass is 10.2. The van der Waals surface area contributed by atoms with Gasteiger partial charge in [0.2, 0.25) is 0 Å². The van der Waals surface area contributed by atoms with E-state index in [1.165, 1.54) is 17.0 Å². The molecule has 102 valence electrons. The van der Waals surface area contributed by atoms with E-state index >= 15 is 0 Å². The van der Waals surface area contributed by atoms with Gasteiger partial charge in [0.25, 0.3) is 5.91 Å². The zero-order valence-corrected chi connectivity index (χ0v) is 12.3. The Balaban J connectivity index is 2.03. The lowest BCUT2D eigenvalue weighted by Crippen LogP contribution is -2.35. The van der Waals surface area contributed by atoms with Crippen molar-refractivity contribution in [3.8, 4) is 0 Å². The smallest absolute Gasteiger partial charge is 0.261 e. The van der Waals surface area contributed by atoms with Crippen molar-refractivity contribution in [3.63, 3.8) is 0 Å². The van der Waals surface area contributed by atoms with Crippen LogP contribution >= 0.6 is 11.3 Å². The highest BCUT2D eigenvalue weighted by atomic mass is 32.1. The van der Waals surface area contributed by atoms with Crippen molar-refractivity contribution in [3.05, 3.63) is 46.4 Å². The second-order valence-corrected chi connectivity index (χ2v) is 5.66. The fourth-order valence-corrected chi connectivity index (χ4v) is 2.70. The van der Waals surface area contributed by atoms with Crippen LogP contribution in [0.4, 0.5) is 0 Å². The minimum Gasteiger partial charge on any atom is -0.353 e. The fraction of sp³-hybridized carbons (Fsp3) is 0.357. The van der Waals surface area contributed by atoms with Crippen molar-refractivity contribution in [2.45, 2.75) is 6.04 Å². The van der Waals surface area contributed by atoms with Crippen LogP contribution in [0.5, 0.6) is 0 Å². The quantitative estimate of drug-likeness (QED) is 0.909. The van der Waals surface area contributed by atoms with Crippen molar-refractivity contribution in [1.82, 2.24) is 14.8 Å². The summed E-state index contributed by atoms with van der Waals surface area (Å²) in [7, 11) is 6.07. The summed E-state index contributed by atoms with van der Waals surface area (Å²) in [4.78, 5) is 14.8. The second-order valence-electron chi connectivity index (χ2n) is 4.71. The molecular weight excluding hydrogens is 258 g/mol. The molecule has 2 aromatic rings. The molecule has 0 unspecified atom stereocenters. The Morgan fingerprint density at radius 2 is 2.21 bits per heavy atom. The number of nitrogens with one attached hydrogen (secondary N) is 1. The number of amides is 1. The second kappa shape index (κ2) is 6.04. The van der Waals surface area contributed by atoms with Gasteiger partial charge in [-0.1, -0.05) is 6.07 Å². The Labute approximate surface area is 117 Å². The summed E-state index contributed by atoms with van der Waals surface area (Å²) in [6.07, 6.45) is 2.02. The summed E-state index contributed by atoms with van der Waals surface area (Å²) in [5.41, 5.74) is 1.19. The van der Waals surface area contributed by atoms with Gasteiger partial charge in [-0.2, -0.15) is 0 Å². The molecule has 1 atom stereocenters. The van der Waals surface area contributed by atoms with Crippen LogP contribution in [0.15, 0.2) is 35.8 Å². The van der Waals surface area contributed by atoms with E-state index in [4.69, 9.17) is 0 Å². The summed E-state index contributed by atoms with van der Waals surface area (Å²) < 4.78 is 2.09. The Hall–Kier alpha value is -1.59. The SMILES string of the molecule is CN(C)[C@@H](CNC(=O)c1cccs1)c1cccn1C. The maximum atomic E-state index is 12.0. The van der Waals surface area contributed by atoms with Crippen molar-refractivity contribution in [2.75, 3.05) is 20.6 Å². The lowest BCUT2D eigenvalue weighted by molar-refractivity contribution is 0.0945. The van der Waals surface area contributed by atoms with Gasteiger partial charge in [-0.3, -0.25) is 9.69 Å². The number of likely N-dealkylation sites (N-methyl/N-ethyl adjacent to an activating group) is 1. The zero-order chi connectivity index (χ0) is 13.8. The molecule has 2 rings (SSSR count). The molecule has 2 heterocycles. The van der Waals surface area contributed by atoms with E-state index in [-0.39, 0.29) is 11.9 Å². The molecule has 1 N–H and O–H groups in total. The minimum atomic E-state index is -0.00365. The average Bonchev–Trinajstić information content (AvgIpc) is 3.01. The van der Waals surface area contributed by atoms with Gasteiger partial charge in [-0.05, 0) is 37.7 Å². The number of nitrogens with zero attached hydrogens (tertiary/aromatic N) is 2. The first kappa shape index (κ1) is 13.8. The molecule has 0 aromatic carbocycles. The summed E-state index contributed by atoms with van der Waals surface area (Å²) in [6.45, 7) is 0.599. The van der Waals surface area contributed by atoms with E-state index in [0.29, 0.717) is 6.54 Å². The van der Waals surface area contributed by atoms with Crippen molar-refractivity contribution < 1.29 is 4.79 Å². The Bertz CT molecular complexity index is 531. The topological polar surface area (TPSA) is 37.3 Å². The van der Waals surface area contributed by atoms with Gasteiger partial charge in [0.15, 0.2) is 0 Å². The van der Waals surface area contributed by atoms with E-state index in [0.717, 1.165) is 4.88 Å². The van der Waals surface area contributed by atoms with Crippen LogP contribution in [0.3, 0.4) is 0 Å². The van der Waals surface area contributed by atoms with Gasteiger partial charge >= 0.3 is 0 Å². The monoisotopic (exact) mass is 277 g/mol. The first-order chi connectivity index (χ1) is 9.09. The van der Waals surface area contributed by atoms with Gasteiger partial charge in [0, 0.05) is 25.5 Å². The highest BCUT2D eigenvalue weighted by molar-refractivity contribution is 7.12. The van der Waals surface area contributed by atoms with E-state index in [1.807, 2.05) is 50.9 Å². The van der Waals surface area contributed by atoms with Gasteiger partial charge < -0.3 is 9.88 Å². The number of rotatable bonds is 5. The van der Waals surface area contributed by atoms with E-state index in [9.17, 15) is 4.79 Å². The number of thiophene rings is 1. The Morgan fingerprint density at radius 3 is 2.74 bits per heavy atom. The highest BCUT2D eigenvalue weighted by Crippen LogP contribution is 2.17. The number of aromatic nitrogens is 1. The molecule has 0 saturated heterocycles. The van der Waals surface area contributed by atoms with Crippen LogP contribution in [0, 0.1) is 0 Å². The predicted octanol–water partition coefficient (Wildman–Crippen LogP) is 2.12. The van der Waals surface area contributed by atoms with E-state index in [2.05, 4.69) is 20.9 Å². The average molecular weight is 277 g/mol. The van der Waals surface area contributed by atoms with Crippen molar-refractivity contribution >= 4 is 17.2 Å². The molecule has 0 radical (unpaired) electrons. The molecule has 0 aliphatic heterocycles. The number of aryl methyl sites for hydroxylation is 1. The molecule has 0 fully saturated rings. The highest BCUT2D eigenvalue weighted by Gasteiger charge is 2.18. The zero-order valence-electron chi connectivity index (χ0n) is 11.5. The lowest BCUT2D eigenvalue weighted by Gasteiger charge is -2.25. The first-order valence-electron chi connectivity index (χ1n) is 6.19. The summed E-state index contributed by atoms with van der Waals surface area (Å²) in [6, 6.07) is 8.01. The van der Waals surface area contributed by atoms with Crippen LogP contribution in [0.1, 0.15) is 21.4 Å². The molecule has 0 spiro atoms.